The van der Waals surface area contributed by atoms with Crippen molar-refractivity contribution in [2.75, 3.05) is 19.6 Å². The number of amides is 1. The zero-order valence-corrected chi connectivity index (χ0v) is 15.8. The van der Waals surface area contributed by atoms with Gasteiger partial charge in [0.05, 0.1) is 6.54 Å². The van der Waals surface area contributed by atoms with Crippen molar-refractivity contribution in [3.05, 3.63) is 18.2 Å². The van der Waals surface area contributed by atoms with Crippen LogP contribution in [0.4, 0.5) is 4.79 Å². The first-order chi connectivity index (χ1) is 11.9. The van der Waals surface area contributed by atoms with Crippen LogP contribution in [0.2, 0.25) is 0 Å². The molecule has 0 atom stereocenters. The van der Waals surface area contributed by atoms with Crippen LogP contribution in [-0.2, 0) is 17.8 Å². The lowest BCUT2D eigenvalue weighted by atomic mass is 9.81. The monoisotopic (exact) mass is 348 g/mol. The standard InChI is InChI=1S/C19H32N4O2/c1-19(2,3)25-18(24)21-12-15-4-6-16(7-5-15)13-22-10-11-23-9-8-20-17(23)14-22/h8-9,15-16H,4-7,10-14H2,1-3H3,(H,21,24). The molecule has 0 aromatic carbocycles. The van der Waals surface area contributed by atoms with Gasteiger partial charge in [0.15, 0.2) is 0 Å². The SMILES string of the molecule is CC(C)(C)OC(=O)NCC1CCC(CN2CCn3ccnc3C2)CC1. The summed E-state index contributed by atoms with van der Waals surface area (Å²) in [7, 11) is 0. The van der Waals surface area contributed by atoms with Gasteiger partial charge in [-0.25, -0.2) is 9.78 Å². The molecule has 0 saturated heterocycles. The number of alkyl carbamates (subject to hydrolysis) is 1. The molecular weight excluding hydrogens is 316 g/mol. The van der Waals surface area contributed by atoms with Crippen LogP contribution in [0.25, 0.3) is 0 Å². The van der Waals surface area contributed by atoms with Gasteiger partial charge in [0, 0.05) is 38.6 Å². The van der Waals surface area contributed by atoms with Gasteiger partial charge in [0.1, 0.15) is 11.4 Å². The Balaban J connectivity index is 1.34. The summed E-state index contributed by atoms with van der Waals surface area (Å²) in [6.07, 6.45) is 8.60. The average Bonchev–Trinajstić information content (AvgIpc) is 3.00. The number of aromatic nitrogens is 2. The molecule has 1 aliphatic carbocycles. The highest BCUT2D eigenvalue weighted by Crippen LogP contribution is 2.29. The van der Waals surface area contributed by atoms with E-state index in [-0.39, 0.29) is 6.09 Å². The molecule has 1 aromatic heterocycles. The molecule has 140 valence electrons. The van der Waals surface area contributed by atoms with Crippen LogP contribution >= 0.6 is 0 Å². The quantitative estimate of drug-likeness (QED) is 0.909. The summed E-state index contributed by atoms with van der Waals surface area (Å²) in [6.45, 7) is 10.8. The Morgan fingerprint density at radius 2 is 1.96 bits per heavy atom. The van der Waals surface area contributed by atoms with Crippen molar-refractivity contribution in [3.63, 3.8) is 0 Å². The number of nitrogens with zero attached hydrogens (tertiary/aromatic N) is 3. The van der Waals surface area contributed by atoms with Crippen LogP contribution in [0, 0.1) is 11.8 Å². The van der Waals surface area contributed by atoms with E-state index in [1.54, 1.807) is 0 Å². The van der Waals surface area contributed by atoms with Crippen molar-refractivity contribution in [1.82, 2.24) is 19.8 Å². The number of imidazole rings is 1. The number of ether oxygens (including phenoxy) is 1. The van der Waals surface area contributed by atoms with Crippen molar-refractivity contribution in [3.8, 4) is 0 Å². The molecule has 2 heterocycles. The minimum Gasteiger partial charge on any atom is -0.444 e. The number of carbonyl (C=O) groups is 1. The van der Waals surface area contributed by atoms with Crippen LogP contribution in [-0.4, -0.2) is 45.8 Å². The maximum atomic E-state index is 11.8. The lowest BCUT2D eigenvalue weighted by Gasteiger charge is -2.34. The second kappa shape index (κ2) is 7.77. The number of hydrogen-bond acceptors (Lipinski definition) is 4. The Morgan fingerprint density at radius 3 is 2.68 bits per heavy atom. The van der Waals surface area contributed by atoms with Crippen molar-refractivity contribution < 1.29 is 9.53 Å². The molecule has 1 amide bonds. The van der Waals surface area contributed by atoms with Crippen LogP contribution < -0.4 is 5.32 Å². The summed E-state index contributed by atoms with van der Waals surface area (Å²) in [5, 5.41) is 2.93. The Morgan fingerprint density at radius 1 is 1.24 bits per heavy atom. The highest BCUT2D eigenvalue weighted by Gasteiger charge is 2.25. The Kier molecular flexibility index (Phi) is 5.67. The van der Waals surface area contributed by atoms with Crippen LogP contribution in [0.15, 0.2) is 12.4 Å². The zero-order chi connectivity index (χ0) is 17.9. The molecule has 6 nitrogen and oxygen atoms in total. The van der Waals surface area contributed by atoms with E-state index in [0.717, 1.165) is 32.1 Å². The van der Waals surface area contributed by atoms with Crippen molar-refractivity contribution in [1.29, 1.82) is 0 Å². The number of nitrogens with one attached hydrogen (secondary N) is 1. The van der Waals surface area contributed by atoms with Gasteiger partial charge in [-0.1, -0.05) is 0 Å². The third kappa shape index (κ3) is 5.46. The molecule has 1 N–H and O–H groups in total. The highest BCUT2D eigenvalue weighted by molar-refractivity contribution is 5.67. The fraction of sp³-hybridized carbons (Fsp3) is 0.789. The van der Waals surface area contributed by atoms with E-state index >= 15 is 0 Å². The van der Waals surface area contributed by atoms with E-state index < -0.39 is 5.60 Å². The summed E-state index contributed by atoms with van der Waals surface area (Å²) < 4.78 is 7.57. The third-order valence-electron chi connectivity index (χ3n) is 5.24. The van der Waals surface area contributed by atoms with Crippen molar-refractivity contribution in [2.45, 2.75) is 65.1 Å². The molecule has 3 rings (SSSR count). The Labute approximate surface area is 150 Å². The van der Waals surface area contributed by atoms with E-state index in [1.165, 1.54) is 38.1 Å². The molecule has 25 heavy (non-hydrogen) atoms. The van der Waals surface area contributed by atoms with Crippen molar-refractivity contribution >= 4 is 6.09 Å². The zero-order valence-electron chi connectivity index (χ0n) is 15.8. The van der Waals surface area contributed by atoms with E-state index in [1.807, 2.05) is 27.0 Å². The highest BCUT2D eigenvalue weighted by atomic mass is 16.6. The molecule has 1 saturated carbocycles. The first-order valence-electron chi connectivity index (χ1n) is 9.58. The topological polar surface area (TPSA) is 59.4 Å². The largest absolute Gasteiger partial charge is 0.444 e. The lowest BCUT2D eigenvalue weighted by Crippen LogP contribution is -2.39. The Bertz CT molecular complexity index is 570. The minimum atomic E-state index is -0.426. The van der Waals surface area contributed by atoms with Crippen molar-refractivity contribution in [2.24, 2.45) is 11.8 Å². The van der Waals surface area contributed by atoms with Crippen LogP contribution in [0.3, 0.4) is 0 Å². The smallest absolute Gasteiger partial charge is 0.407 e. The van der Waals surface area contributed by atoms with Gasteiger partial charge in [-0.2, -0.15) is 0 Å². The molecule has 0 spiro atoms. The van der Waals surface area contributed by atoms with Gasteiger partial charge in [-0.15, -0.1) is 0 Å². The summed E-state index contributed by atoms with van der Waals surface area (Å²) >= 11 is 0. The van der Waals surface area contributed by atoms with E-state index in [2.05, 4.69) is 26.0 Å². The van der Waals surface area contributed by atoms with E-state index in [4.69, 9.17) is 4.74 Å². The van der Waals surface area contributed by atoms with Gasteiger partial charge in [-0.05, 0) is 58.3 Å². The Hall–Kier alpha value is -1.56. The molecule has 0 unspecified atom stereocenters. The lowest BCUT2D eigenvalue weighted by molar-refractivity contribution is 0.0511. The van der Waals surface area contributed by atoms with Crippen LogP contribution in [0.1, 0.15) is 52.3 Å². The first kappa shape index (κ1) is 18.2. The second-order valence-electron chi connectivity index (χ2n) is 8.54. The number of fused-ring (bicyclic) bond motifs is 1. The summed E-state index contributed by atoms with van der Waals surface area (Å²) in [5.74, 6) is 2.56. The number of carbonyl (C=O) groups excluding carboxylic acids is 1. The molecule has 1 aliphatic heterocycles. The van der Waals surface area contributed by atoms with Gasteiger partial charge in [0.2, 0.25) is 0 Å². The molecule has 0 bridgehead atoms. The fourth-order valence-electron chi connectivity index (χ4n) is 3.90. The molecular formula is C19H32N4O2. The predicted octanol–water partition coefficient (Wildman–Crippen LogP) is 3.03. The van der Waals surface area contributed by atoms with E-state index in [0.29, 0.717) is 5.92 Å². The molecule has 6 heteroatoms. The second-order valence-corrected chi connectivity index (χ2v) is 8.54. The van der Waals surface area contributed by atoms with E-state index in [9.17, 15) is 4.79 Å². The predicted molar refractivity (Wildman–Crippen MR) is 97.2 cm³/mol. The molecule has 0 radical (unpaired) electrons. The van der Waals surface area contributed by atoms with Gasteiger partial charge in [0.25, 0.3) is 0 Å². The fourth-order valence-corrected chi connectivity index (χ4v) is 3.90. The summed E-state index contributed by atoms with van der Waals surface area (Å²) in [5.41, 5.74) is -0.426. The maximum absolute atomic E-state index is 11.8. The molecule has 2 aliphatic rings. The summed E-state index contributed by atoms with van der Waals surface area (Å²) in [6, 6.07) is 0. The number of hydrogen-bond donors (Lipinski definition) is 1. The first-order valence-corrected chi connectivity index (χ1v) is 9.58. The molecule has 1 aromatic rings. The minimum absolute atomic E-state index is 0.293. The summed E-state index contributed by atoms with van der Waals surface area (Å²) in [4.78, 5) is 18.8. The van der Waals surface area contributed by atoms with Gasteiger partial charge >= 0.3 is 6.09 Å². The maximum Gasteiger partial charge on any atom is 0.407 e. The molecule has 1 fully saturated rings. The van der Waals surface area contributed by atoms with Crippen LogP contribution in [0.5, 0.6) is 0 Å². The normalized spacial score (nSPS) is 24.6. The average molecular weight is 348 g/mol. The number of rotatable bonds is 4. The van der Waals surface area contributed by atoms with Gasteiger partial charge < -0.3 is 14.6 Å². The third-order valence-corrected chi connectivity index (χ3v) is 5.24. The van der Waals surface area contributed by atoms with Gasteiger partial charge in [-0.3, -0.25) is 4.90 Å².